The average Bonchev–Trinajstić information content (AvgIpc) is 2.57. The average molecular weight is 326 g/mol. The van der Waals surface area contributed by atoms with Crippen molar-refractivity contribution in [3.8, 4) is 0 Å². The van der Waals surface area contributed by atoms with E-state index in [2.05, 4.69) is 31.3 Å². The monoisotopic (exact) mass is 325 g/mol. The van der Waals surface area contributed by atoms with Gasteiger partial charge in [0.1, 0.15) is 6.23 Å². The number of unbranched alkanes of at least 4 members (excludes halogenated alkanes) is 1. The molecule has 1 aromatic carbocycles. The maximum atomic E-state index is 6.33. The molecular weight excluding hydrogens is 294 g/mol. The molecule has 0 saturated carbocycles. The molecule has 4 nitrogen and oxygen atoms in total. The summed E-state index contributed by atoms with van der Waals surface area (Å²) >= 11 is 0. The molecule has 126 valence electrons. The SMILES string of the molecule is CCCCC(NCCC)O[Si](Cc1ccccc1)(OC)OC. The van der Waals surface area contributed by atoms with Crippen molar-refractivity contribution in [2.75, 3.05) is 20.8 Å². The molecule has 0 amide bonds. The maximum absolute atomic E-state index is 6.33. The molecule has 0 radical (unpaired) electrons. The Balaban J connectivity index is 2.76. The standard InChI is InChI=1S/C17H31NO3Si/c1-5-7-13-17(18-14-6-2)21-22(19-3,20-4)15-16-11-9-8-10-12-16/h8-12,17-18H,5-7,13-15H2,1-4H3. The molecule has 0 aliphatic rings. The first kappa shape index (κ1) is 19.3. The second kappa shape index (κ2) is 10.9. The van der Waals surface area contributed by atoms with Crippen LogP contribution < -0.4 is 5.32 Å². The molecule has 1 aromatic rings. The van der Waals surface area contributed by atoms with E-state index in [1.807, 2.05) is 18.2 Å². The summed E-state index contributed by atoms with van der Waals surface area (Å²) in [5, 5.41) is 3.47. The molecule has 0 spiro atoms. The minimum absolute atomic E-state index is 0.00446. The Bertz CT molecular complexity index is 377. The highest BCUT2D eigenvalue weighted by Gasteiger charge is 2.41. The third-order valence-electron chi connectivity index (χ3n) is 3.65. The first-order chi connectivity index (χ1) is 10.7. The first-order valence-corrected chi connectivity index (χ1v) is 10.2. The second-order valence-corrected chi connectivity index (χ2v) is 8.23. The van der Waals surface area contributed by atoms with Crippen LogP contribution in [0.25, 0.3) is 0 Å². The Morgan fingerprint density at radius 3 is 2.27 bits per heavy atom. The molecule has 0 aromatic heterocycles. The number of hydrogen-bond acceptors (Lipinski definition) is 4. The van der Waals surface area contributed by atoms with Crippen molar-refractivity contribution in [1.82, 2.24) is 5.32 Å². The summed E-state index contributed by atoms with van der Waals surface area (Å²) in [4.78, 5) is 0. The molecule has 0 aliphatic carbocycles. The van der Waals surface area contributed by atoms with Crippen LogP contribution in [0.2, 0.25) is 0 Å². The molecule has 0 saturated heterocycles. The first-order valence-electron chi connectivity index (χ1n) is 8.25. The lowest BCUT2D eigenvalue weighted by atomic mass is 10.2. The van der Waals surface area contributed by atoms with Gasteiger partial charge in [-0.05, 0) is 31.4 Å². The largest absolute Gasteiger partial charge is 0.506 e. The molecule has 0 aliphatic heterocycles. The fraction of sp³-hybridized carbons (Fsp3) is 0.647. The van der Waals surface area contributed by atoms with E-state index in [0.29, 0.717) is 6.04 Å². The zero-order valence-electron chi connectivity index (χ0n) is 14.4. The van der Waals surface area contributed by atoms with Crippen molar-refractivity contribution >= 4 is 8.80 Å². The van der Waals surface area contributed by atoms with Gasteiger partial charge in [-0.1, -0.05) is 50.6 Å². The Morgan fingerprint density at radius 2 is 1.73 bits per heavy atom. The minimum Gasteiger partial charge on any atom is -0.377 e. The van der Waals surface area contributed by atoms with Crippen molar-refractivity contribution in [2.45, 2.75) is 51.8 Å². The van der Waals surface area contributed by atoms with Crippen LogP contribution in [0.5, 0.6) is 0 Å². The highest BCUT2D eigenvalue weighted by Crippen LogP contribution is 2.18. The Morgan fingerprint density at radius 1 is 1.05 bits per heavy atom. The Kier molecular flexibility index (Phi) is 9.59. The van der Waals surface area contributed by atoms with Crippen molar-refractivity contribution < 1.29 is 13.3 Å². The van der Waals surface area contributed by atoms with E-state index in [1.165, 1.54) is 5.56 Å². The summed E-state index contributed by atoms with van der Waals surface area (Å²) in [7, 11) is 0.670. The highest BCUT2D eigenvalue weighted by atomic mass is 28.4. The van der Waals surface area contributed by atoms with Gasteiger partial charge in [-0.15, -0.1) is 0 Å². The van der Waals surface area contributed by atoms with Crippen LogP contribution in [-0.2, 0) is 19.3 Å². The van der Waals surface area contributed by atoms with Crippen molar-refractivity contribution in [3.05, 3.63) is 35.9 Å². The van der Waals surface area contributed by atoms with Gasteiger partial charge in [-0.25, -0.2) is 0 Å². The predicted molar refractivity (Wildman–Crippen MR) is 92.6 cm³/mol. The summed E-state index contributed by atoms with van der Waals surface area (Å²) in [6.07, 6.45) is 4.34. The van der Waals surface area contributed by atoms with Gasteiger partial charge in [0.05, 0.1) is 0 Å². The summed E-state index contributed by atoms with van der Waals surface area (Å²) in [6, 6.07) is 10.9. The predicted octanol–water partition coefficient (Wildman–Crippen LogP) is 3.53. The fourth-order valence-corrected chi connectivity index (χ4v) is 4.43. The van der Waals surface area contributed by atoms with Crippen LogP contribution in [0, 0.1) is 0 Å². The topological polar surface area (TPSA) is 39.7 Å². The highest BCUT2D eigenvalue weighted by molar-refractivity contribution is 6.60. The number of hydrogen-bond donors (Lipinski definition) is 1. The lowest BCUT2D eigenvalue weighted by Gasteiger charge is -2.31. The van der Waals surface area contributed by atoms with Gasteiger partial charge in [0.25, 0.3) is 0 Å². The lowest BCUT2D eigenvalue weighted by Crippen LogP contribution is -2.52. The molecule has 5 heteroatoms. The van der Waals surface area contributed by atoms with Crippen LogP contribution in [0.15, 0.2) is 30.3 Å². The number of benzene rings is 1. The van der Waals surface area contributed by atoms with Gasteiger partial charge < -0.3 is 13.3 Å². The van der Waals surface area contributed by atoms with Gasteiger partial charge >= 0.3 is 8.80 Å². The van der Waals surface area contributed by atoms with Gasteiger partial charge in [0, 0.05) is 20.3 Å². The van der Waals surface area contributed by atoms with E-state index in [4.69, 9.17) is 13.3 Å². The maximum Gasteiger partial charge on any atom is 0.506 e. The second-order valence-electron chi connectivity index (χ2n) is 5.46. The van der Waals surface area contributed by atoms with E-state index in [0.717, 1.165) is 32.2 Å². The Hall–Kier alpha value is -0.723. The van der Waals surface area contributed by atoms with Crippen LogP contribution in [0.4, 0.5) is 0 Å². The van der Waals surface area contributed by atoms with Gasteiger partial charge in [-0.2, -0.15) is 0 Å². The van der Waals surface area contributed by atoms with Gasteiger partial charge in [-0.3, -0.25) is 5.32 Å². The number of rotatable bonds is 12. The molecule has 1 rings (SSSR count). The third kappa shape index (κ3) is 6.58. The molecule has 0 fully saturated rings. The van der Waals surface area contributed by atoms with E-state index in [9.17, 15) is 0 Å². The van der Waals surface area contributed by atoms with Gasteiger partial charge in [0.15, 0.2) is 0 Å². The fourth-order valence-electron chi connectivity index (χ4n) is 2.33. The molecule has 1 N–H and O–H groups in total. The Labute approximate surface area is 136 Å². The molecule has 1 atom stereocenters. The van der Waals surface area contributed by atoms with Crippen molar-refractivity contribution in [3.63, 3.8) is 0 Å². The summed E-state index contributed by atoms with van der Waals surface area (Å²) in [5.74, 6) is 0. The lowest BCUT2D eigenvalue weighted by molar-refractivity contribution is 0.0334. The molecular formula is C17H31NO3Si. The molecule has 0 bridgehead atoms. The van der Waals surface area contributed by atoms with Crippen molar-refractivity contribution in [2.24, 2.45) is 0 Å². The van der Waals surface area contributed by atoms with E-state index >= 15 is 0 Å². The van der Waals surface area contributed by atoms with E-state index in [-0.39, 0.29) is 6.23 Å². The summed E-state index contributed by atoms with van der Waals surface area (Å²) in [5.41, 5.74) is 1.18. The zero-order chi connectivity index (χ0) is 16.3. The molecule has 22 heavy (non-hydrogen) atoms. The van der Waals surface area contributed by atoms with E-state index in [1.54, 1.807) is 14.2 Å². The van der Waals surface area contributed by atoms with Crippen LogP contribution in [0.3, 0.4) is 0 Å². The van der Waals surface area contributed by atoms with Crippen LogP contribution in [0.1, 0.15) is 45.1 Å². The summed E-state index contributed by atoms with van der Waals surface area (Å²) in [6.45, 7) is 5.29. The van der Waals surface area contributed by atoms with Crippen LogP contribution >= 0.6 is 0 Å². The third-order valence-corrected chi connectivity index (χ3v) is 6.38. The minimum atomic E-state index is -2.71. The van der Waals surface area contributed by atoms with Crippen LogP contribution in [-0.4, -0.2) is 35.8 Å². The normalized spacial score (nSPS) is 13.3. The summed E-state index contributed by atoms with van der Waals surface area (Å²) < 4.78 is 17.8. The van der Waals surface area contributed by atoms with Crippen molar-refractivity contribution in [1.29, 1.82) is 0 Å². The van der Waals surface area contributed by atoms with E-state index < -0.39 is 8.80 Å². The quantitative estimate of drug-likeness (QED) is 0.471. The molecule has 0 heterocycles. The molecule has 1 unspecified atom stereocenters. The number of nitrogens with one attached hydrogen (secondary N) is 1. The van der Waals surface area contributed by atoms with Gasteiger partial charge in [0.2, 0.25) is 0 Å². The zero-order valence-corrected chi connectivity index (χ0v) is 15.4. The smallest absolute Gasteiger partial charge is 0.377 e.